The number of benzene rings is 1. The Hall–Kier alpha value is -1.79. The van der Waals surface area contributed by atoms with Gasteiger partial charge in [0.25, 0.3) is 5.91 Å². The van der Waals surface area contributed by atoms with Crippen molar-refractivity contribution >= 4 is 40.7 Å². The number of hydrogen-bond acceptors (Lipinski definition) is 5. The molecule has 0 aliphatic heterocycles. The lowest BCUT2D eigenvalue weighted by Crippen LogP contribution is -2.14. The van der Waals surface area contributed by atoms with Gasteiger partial charge in [0.1, 0.15) is 4.88 Å². The van der Waals surface area contributed by atoms with Gasteiger partial charge in [0.2, 0.25) is 0 Å². The molecule has 104 valence electrons. The Morgan fingerprint density at radius 2 is 2.00 bits per heavy atom. The molecule has 6 heteroatoms. The van der Waals surface area contributed by atoms with Crippen LogP contribution in [0.1, 0.15) is 20.0 Å². The van der Waals surface area contributed by atoms with Crippen LogP contribution in [-0.2, 0) is 4.74 Å². The molecular formula is C14H13NO3S2. The quantitative estimate of drug-likeness (QED) is 0.694. The largest absolute Gasteiger partial charge is 0.465 e. The lowest BCUT2D eigenvalue weighted by atomic mass is 10.2. The van der Waals surface area contributed by atoms with Crippen LogP contribution in [0.2, 0.25) is 0 Å². The van der Waals surface area contributed by atoms with Crippen LogP contribution in [0.15, 0.2) is 40.6 Å². The first-order valence-corrected chi connectivity index (χ1v) is 7.88. The third kappa shape index (κ3) is 3.02. The number of thioether (sulfide) groups is 1. The number of hydrogen-bond donors (Lipinski definition) is 1. The molecule has 4 nitrogen and oxygen atoms in total. The molecule has 0 radical (unpaired) electrons. The molecule has 0 atom stereocenters. The van der Waals surface area contributed by atoms with Gasteiger partial charge in [-0.05, 0) is 29.8 Å². The van der Waals surface area contributed by atoms with E-state index in [0.29, 0.717) is 16.1 Å². The van der Waals surface area contributed by atoms with E-state index in [9.17, 15) is 9.59 Å². The fourth-order valence-corrected chi connectivity index (χ4v) is 3.04. The van der Waals surface area contributed by atoms with Crippen molar-refractivity contribution in [3.8, 4) is 0 Å². The van der Waals surface area contributed by atoms with Gasteiger partial charge in [0.05, 0.1) is 18.4 Å². The maximum absolute atomic E-state index is 12.3. The minimum Gasteiger partial charge on any atom is -0.465 e. The van der Waals surface area contributed by atoms with E-state index >= 15 is 0 Å². The van der Waals surface area contributed by atoms with Crippen molar-refractivity contribution in [1.82, 2.24) is 0 Å². The lowest BCUT2D eigenvalue weighted by Gasteiger charge is -2.08. The highest BCUT2D eigenvalue weighted by Gasteiger charge is 2.17. The third-order valence-electron chi connectivity index (χ3n) is 2.64. The minimum absolute atomic E-state index is 0.237. The summed E-state index contributed by atoms with van der Waals surface area (Å²) in [7, 11) is 1.32. The van der Waals surface area contributed by atoms with Gasteiger partial charge in [-0.1, -0.05) is 12.1 Å². The van der Waals surface area contributed by atoms with Gasteiger partial charge in [0, 0.05) is 4.90 Å². The topological polar surface area (TPSA) is 55.4 Å². The normalized spacial score (nSPS) is 10.1. The molecule has 0 spiro atoms. The molecule has 20 heavy (non-hydrogen) atoms. The van der Waals surface area contributed by atoms with Crippen LogP contribution >= 0.6 is 23.1 Å². The first kappa shape index (κ1) is 14.6. The number of thiophene rings is 1. The number of anilines is 1. The molecule has 0 aliphatic carbocycles. The molecule has 1 N–H and O–H groups in total. The highest BCUT2D eigenvalue weighted by molar-refractivity contribution is 7.98. The zero-order valence-electron chi connectivity index (χ0n) is 11.0. The van der Waals surface area contributed by atoms with E-state index in [-0.39, 0.29) is 5.91 Å². The minimum atomic E-state index is -0.451. The number of methoxy groups -OCH3 is 1. The highest BCUT2D eigenvalue weighted by Crippen LogP contribution is 2.25. The zero-order valence-corrected chi connectivity index (χ0v) is 12.6. The van der Waals surface area contributed by atoms with Crippen molar-refractivity contribution in [1.29, 1.82) is 0 Å². The number of amides is 1. The van der Waals surface area contributed by atoms with E-state index in [0.717, 1.165) is 4.90 Å². The fourth-order valence-electron chi connectivity index (χ4n) is 1.68. The Bertz CT molecular complexity index is 637. The number of carbonyl (C=O) groups is 2. The highest BCUT2D eigenvalue weighted by atomic mass is 32.2. The van der Waals surface area contributed by atoms with Gasteiger partial charge >= 0.3 is 5.97 Å². The van der Waals surface area contributed by atoms with Crippen molar-refractivity contribution < 1.29 is 14.3 Å². The van der Waals surface area contributed by atoms with Gasteiger partial charge in [0.15, 0.2) is 0 Å². The number of nitrogens with one attached hydrogen (secondary N) is 1. The molecule has 0 unspecified atom stereocenters. The maximum atomic E-state index is 12.3. The number of carbonyl (C=O) groups excluding carboxylic acids is 2. The first-order chi connectivity index (χ1) is 9.67. The second kappa shape index (κ2) is 6.58. The van der Waals surface area contributed by atoms with Crippen molar-refractivity contribution in [3.63, 3.8) is 0 Å². The van der Waals surface area contributed by atoms with Crippen LogP contribution in [0.4, 0.5) is 5.69 Å². The zero-order chi connectivity index (χ0) is 14.5. The molecule has 1 aromatic heterocycles. The Morgan fingerprint density at radius 1 is 1.25 bits per heavy atom. The van der Waals surface area contributed by atoms with Crippen LogP contribution in [0.25, 0.3) is 0 Å². The lowest BCUT2D eigenvalue weighted by molar-refractivity contribution is 0.0607. The van der Waals surface area contributed by atoms with Crippen molar-refractivity contribution in [2.75, 3.05) is 18.7 Å². The molecule has 0 saturated heterocycles. The summed E-state index contributed by atoms with van der Waals surface area (Å²) < 4.78 is 4.68. The van der Waals surface area contributed by atoms with Crippen LogP contribution < -0.4 is 5.32 Å². The third-order valence-corrected chi connectivity index (χ3v) is 4.33. The Labute approximate surface area is 125 Å². The maximum Gasteiger partial charge on any atom is 0.350 e. The average molecular weight is 307 g/mol. The van der Waals surface area contributed by atoms with E-state index in [1.807, 2.05) is 24.5 Å². The molecule has 2 rings (SSSR count). The summed E-state index contributed by atoms with van der Waals surface area (Å²) in [6, 6.07) is 9.02. The van der Waals surface area contributed by atoms with Crippen LogP contribution in [0.3, 0.4) is 0 Å². The summed E-state index contributed by atoms with van der Waals surface area (Å²) in [4.78, 5) is 25.1. The smallest absolute Gasteiger partial charge is 0.350 e. The van der Waals surface area contributed by atoms with Gasteiger partial charge in [-0.15, -0.1) is 23.1 Å². The predicted octanol–water partition coefficient (Wildman–Crippen LogP) is 3.51. The average Bonchev–Trinajstić information content (AvgIpc) is 2.94. The van der Waals surface area contributed by atoms with E-state index in [2.05, 4.69) is 10.1 Å². The molecule has 1 amide bonds. The van der Waals surface area contributed by atoms with E-state index in [1.54, 1.807) is 17.5 Å². The molecule has 1 heterocycles. The number of rotatable bonds is 4. The van der Waals surface area contributed by atoms with Crippen LogP contribution in [0, 0.1) is 0 Å². The first-order valence-electron chi connectivity index (χ1n) is 5.77. The molecule has 0 aliphatic rings. The Kier molecular flexibility index (Phi) is 4.81. The molecule has 1 aromatic carbocycles. The monoisotopic (exact) mass is 307 g/mol. The summed E-state index contributed by atoms with van der Waals surface area (Å²) in [5.41, 5.74) is 1.06. The number of ether oxygens (including phenoxy) is 1. The van der Waals surface area contributed by atoms with Gasteiger partial charge in [-0.2, -0.15) is 0 Å². The van der Waals surface area contributed by atoms with Crippen molar-refractivity contribution in [2.45, 2.75) is 4.90 Å². The van der Waals surface area contributed by atoms with Gasteiger partial charge in [-0.25, -0.2) is 4.79 Å². The summed E-state index contributed by atoms with van der Waals surface area (Å²) in [6.07, 6.45) is 1.91. The number of esters is 1. The summed E-state index contributed by atoms with van der Waals surface area (Å²) in [5.74, 6) is -0.688. The molecule has 2 aromatic rings. The van der Waals surface area contributed by atoms with Crippen molar-refractivity contribution in [2.24, 2.45) is 0 Å². The van der Waals surface area contributed by atoms with E-state index in [1.165, 1.54) is 30.2 Å². The molecule has 0 fully saturated rings. The Morgan fingerprint density at radius 3 is 2.70 bits per heavy atom. The van der Waals surface area contributed by atoms with E-state index in [4.69, 9.17) is 0 Å². The van der Waals surface area contributed by atoms with Crippen molar-refractivity contribution in [3.05, 3.63) is 46.2 Å². The second-order valence-electron chi connectivity index (χ2n) is 3.81. The predicted molar refractivity (Wildman–Crippen MR) is 81.8 cm³/mol. The second-order valence-corrected chi connectivity index (χ2v) is 5.57. The molecule has 0 bridgehead atoms. The van der Waals surface area contributed by atoms with Crippen LogP contribution in [-0.4, -0.2) is 25.2 Å². The van der Waals surface area contributed by atoms with E-state index < -0.39 is 5.97 Å². The Balaban J connectivity index is 2.24. The molecular weight excluding hydrogens is 294 g/mol. The fraction of sp³-hybridized carbons (Fsp3) is 0.143. The van der Waals surface area contributed by atoms with Gasteiger partial charge < -0.3 is 10.1 Å². The standard InChI is InChI=1S/C14H13NO3S2/c1-18-14(17)12-10(7-8-20-12)15-13(16)9-5-3-4-6-11(9)19-2/h3-8H,1-2H3,(H,15,16). The summed E-state index contributed by atoms with van der Waals surface area (Å²) in [6.45, 7) is 0. The molecule has 0 saturated carbocycles. The summed E-state index contributed by atoms with van der Waals surface area (Å²) in [5, 5.41) is 4.49. The van der Waals surface area contributed by atoms with Crippen LogP contribution in [0.5, 0.6) is 0 Å². The SMILES string of the molecule is COC(=O)c1sccc1NC(=O)c1ccccc1SC. The summed E-state index contributed by atoms with van der Waals surface area (Å²) >= 11 is 2.74. The van der Waals surface area contributed by atoms with Gasteiger partial charge in [-0.3, -0.25) is 4.79 Å².